The molecule has 92 valence electrons. The van der Waals surface area contributed by atoms with Gasteiger partial charge in [0, 0.05) is 19.6 Å². The maximum Gasteiger partial charge on any atom is 0.0698 e. The van der Waals surface area contributed by atoms with Gasteiger partial charge in [-0.1, -0.05) is 0 Å². The maximum absolute atomic E-state index is 8.29. The number of aliphatic hydroxyl groups excluding tert-OH is 1. The van der Waals surface area contributed by atoms with Crippen molar-refractivity contribution >= 4 is 0 Å². The Morgan fingerprint density at radius 3 is 2.27 bits per heavy atom. The molecule has 0 aromatic heterocycles. The lowest BCUT2D eigenvalue weighted by Gasteiger charge is -2.10. The Morgan fingerprint density at radius 1 is 1.27 bits per heavy atom. The van der Waals surface area contributed by atoms with Crippen LogP contribution in [0, 0.1) is 0 Å². The average molecular weight is 220 g/mol. The summed E-state index contributed by atoms with van der Waals surface area (Å²) < 4.78 is 10.0. The summed E-state index contributed by atoms with van der Waals surface area (Å²) in [6.07, 6.45) is 0. The van der Waals surface area contributed by atoms with Crippen molar-refractivity contribution in [3.8, 4) is 0 Å². The van der Waals surface area contributed by atoms with E-state index >= 15 is 0 Å². The Morgan fingerprint density at radius 2 is 1.93 bits per heavy atom. The summed E-state index contributed by atoms with van der Waals surface area (Å²) in [5.41, 5.74) is 0. The molecule has 0 saturated carbocycles. The Kier molecular flexibility index (Phi) is 11.7. The highest BCUT2D eigenvalue weighted by molar-refractivity contribution is 4.49. The van der Waals surface area contributed by atoms with E-state index in [9.17, 15) is 0 Å². The summed E-state index contributed by atoms with van der Waals surface area (Å²) in [7, 11) is 3.98. The van der Waals surface area contributed by atoms with E-state index in [1.54, 1.807) is 0 Å². The number of hydrogen-bond acceptors (Lipinski definition) is 5. The van der Waals surface area contributed by atoms with Gasteiger partial charge in [-0.15, -0.1) is 0 Å². The molecule has 0 spiro atoms. The van der Waals surface area contributed by atoms with Crippen molar-refractivity contribution in [3.63, 3.8) is 0 Å². The second kappa shape index (κ2) is 11.9. The summed E-state index contributed by atoms with van der Waals surface area (Å²) in [5.74, 6) is 0. The van der Waals surface area contributed by atoms with E-state index in [-0.39, 0.29) is 6.61 Å². The van der Waals surface area contributed by atoms with Crippen LogP contribution in [0.1, 0.15) is 0 Å². The monoisotopic (exact) mass is 220 g/mol. The Bertz CT molecular complexity index is 108. The molecule has 1 fully saturated rings. The number of likely N-dealkylation sites (N-methyl/N-ethyl adjacent to an activating group) is 1. The van der Waals surface area contributed by atoms with Gasteiger partial charge in [-0.25, -0.2) is 0 Å². The first kappa shape index (κ1) is 14.8. The number of aliphatic hydroxyl groups is 1. The molecule has 15 heavy (non-hydrogen) atoms. The fraction of sp³-hybridized carbons (Fsp3) is 1.00. The zero-order valence-corrected chi connectivity index (χ0v) is 9.87. The molecule has 0 bridgehead atoms. The van der Waals surface area contributed by atoms with Gasteiger partial charge in [-0.3, -0.25) is 0 Å². The topological polar surface area (TPSA) is 54.0 Å². The minimum Gasteiger partial charge on any atom is -0.394 e. The van der Waals surface area contributed by atoms with Crippen LogP contribution in [0.4, 0.5) is 0 Å². The molecule has 1 aliphatic rings. The number of nitrogens with one attached hydrogen (secondary N) is 1. The van der Waals surface area contributed by atoms with Crippen molar-refractivity contribution in [2.24, 2.45) is 0 Å². The number of hydrogen-bond donors (Lipinski definition) is 2. The molecule has 1 aliphatic heterocycles. The highest BCUT2D eigenvalue weighted by Crippen LogP contribution is 1.77. The normalized spacial score (nSPS) is 16.0. The minimum atomic E-state index is 0.118. The summed E-state index contributed by atoms with van der Waals surface area (Å²) in [4.78, 5) is 2.04. The Balaban J connectivity index is 0.000000280. The van der Waals surface area contributed by atoms with Crippen LogP contribution >= 0.6 is 0 Å². The van der Waals surface area contributed by atoms with Crippen molar-refractivity contribution in [1.29, 1.82) is 0 Å². The lowest BCUT2D eigenvalue weighted by atomic mass is 10.5. The van der Waals surface area contributed by atoms with Gasteiger partial charge in [0.2, 0.25) is 0 Å². The van der Waals surface area contributed by atoms with E-state index in [0.29, 0.717) is 13.2 Å². The van der Waals surface area contributed by atoms with Crippen molar-refractivity contribution in [3.05, 3.63) is 0 Å². The molecule has 0 radical (unpaired) electrons. The molecule has 0 aromatic carbocycles. The number of morpholine rings is 1. The van der Waals surface area contributed by atoms with E-state index in [2.05, 4.69) is 5.32 Å². The van der Waals surface area contributed by atoms with E-state index in [0.717, 1.165) is 32.8 Å². The molecule has 0 aliphatic carbocycles. The van der Waals surface area contributed by atoms with E-state index in [1.165, 1.54) is 0 Å². The molecule has 5 nitrogen and oxygen atoms in total. The molecule has 1 saturated heterocycles. The lowest BCUT2D eigenvalue weighted by molar-refractivity contribution is 0.0821. The SMILES string of the molecule is C1COCCN1.CN(C)CCOCCO. The van der Waals surface area contributed by atoms with Crippen molar-refractivity contribution in [2.75, 3.05) is 66.8 Å². The molecular weight excluding hydrogens is 196 g/mol. The van der Waals surface area contributed by atoms with Crippen LogP contribution < -0.4 is 5.32 Å². The largest absolute Gasteiger partial charge is 0.394 e. The third-order valence-corrected chi connectivity index (χ3v) is 1.76. The number of ether oxygens (including phenoxy) is 2. The van der Waals surface area contributed by atoms with E-state index in [1.807, 2.05) is 19.0 Å². The predicted octanol–water partition coefficient (Wildman–Crippen LogP) is -0.837. The molecule has 0 aromatic rings. The van der Waals surface area contributed by atoms with Gasteiger partial charge in [0.15, 0.2) is 0 Å². The van der Waals surface area contributed by atoms with Gasteiger partial charge in [-0.05, 0) is 14.1 Å². The second-order valence-corrected chi connectivity index (χ2v) is 3.50. The van der Waals surface area contributed by atoms with Crippen molar-refractivity contribution < 1.29 is 14.6 Å². The standard InChI is InChI=1S/C6H15NO2.C4H9NO/c1-7(2)3-5-9-6-4-8;1-3-6-4-2-5-1/h8H,3-6H2,1-2H3;5H,1-4H2. The molecule has 5 heteroatoms. The fourth-order valence-corrected chi connectivity index (χ4v) is 0.929. The Hall–Kier alpha value is -0.200. The third-order valence-electron chi connectivity index (χ3n) is 1.76. The second-order valence-electron chi connectivity index (χ2n) is 3.50. The summed E-state index contributed by atoms with van der Waals surface area (Å²) in [6, 6.07) is 0. The highest BCUT2D eigenvalue weighted by Gasteiger charge is 1.93. The molecule has 0 amide bonds. The fourth-order valence-electron chi connectivity index (χ4n) is 0.929. The Labute approximate surface area is 92.4 Å². The maximum atomic E-state index is 8.29. The molecule has 0 atom stereocenters. The third kappa shape index (κ3) is 13.8. The number of rotatable bonds is 5. The smallest absolute Gasteiger partial charge is 0.0698 e. The molecular formula is C10H24N2O3. The summed E-state index contributed by atoms with van der Waals surface area (Å²) >= 11 is 0. The van der Waals surface area contributed by atoms with Gasteiger partial charge in [0.1, 0.15) is 0 Å². The summed E-state index contributed by atoms with van der Waals surface area (Å²) in [6.45, 7) is 6.02. The molecule has 2 N–H and O–H groups in total. The summed E-state index contributed by atoms with van der Waals surface area (Å²) in [5, 5.41) is 11.5. The van der Waals surface area contributed by atoms with Crippen molar-refractivity contribution in [2.45, 2.75) is 0 Å². The van der Waals surface area contributed by atoms with Gasteiger partial charge in [0.25, 0.3) is 0 Å². The van der Waals surface area contributed by atoms with E-state index < -0.39 is 0 Å². The minimum absolute atomic E-state index is 0.118. The highest BCUT2D eigenvalue weighted by atomic mass is 16.5. The zero-order valence-electron chi connectivity index (χ0n) is 9.87. The quantitative estimate of drug-likeness (QED) is 0.592. The van der Waals surface area contributed by atoms with Crippen molar-refractivity contribution in [1.82, 2.24) is 10.2 Å². The van der Waals surface area contributed by atoms with Crippen LogP contribution in [0.2, 0.25) is 0 Å². The van der Waals surface area contributed by atoms with Crippen LogP contribution in [0.3, 0.4) is 0 Å². The molecule has 1 heterocycles. The van der Waals surface area contributed by atoms with Gasteiger partial charge >= 0.3 is 0 Å². The predicted molar refractivity (Wildman–Crippen MR) is 60.1 cm³/mol. The van der Waals surface area contributed by atoms with Crippen LogP contribution in [0.25, 0.3) is 0 Å². The molecule has 0 unspecified atom stereocenters. The first-order valence-electron chi connectivity index (χ1n) is 5.39. The average Bonchev–Trinajstić information content (AvgIpc) is 2.28. The van der Waals surface area contributed by atoms with Gasteiger partial charge < -0.3 is 24.8 Å². The van der Waals surface area contributed by atoms with Gasteiger partial charge in [-0.2, -0.15) is 0 Å². The van der Waals surface area contributed by atoms with Crippen LogP contribution in [-0.2, 0) is 9.47 Å². The van der Waals surface area contributed by atoms with Crippen LogP contribution in [0.5, 0.6) is 0 Å². The molecule has 1 rings (SSSR count). The van der Waals surface area contributed by atoms with E-state index in [4.69, 9.17) is 14.6 Å². The van der Waals surface area contributed by atoms with Gasteiger partial charge in [0.05, 0.1) is 33.0 Å². The zero-order chi connectivity index (χ0) is 11.4. The van der Waals surface area contributed by atoms with Crippen LogP contribution in [0.15, 0.2) is 0 Å². The first-order valence-corrected chi connectivity index (χ1v) is 5.39. The lowest BCUT2D eigenvalue weighted by Crippen LogP contribution is -2.30. The first-order chi connectivity index (χ1) is 7.27. The number of nitrogens with zero attached hydrogens (tertiary/aromatic N) is 1. The van der Waals surface area contributed by atoms with Crippen LogP contribution in [-0.4, -0.2) is 76.8 Å².